The Morgan fingerprint density at radius 1 is 1.15 bits per heavy atom. The monoisotopic (exact) mass is 270 g/mol. The van der Waals surface area contributed by atoms with E-state index in [9.17, 15) is 0 Å². The molecule has 3 atom stereocenters. The van der Waals surface area contributed by atoms with E-state index in [0.717, 1.165) is 23.3 Å². The molecule has 1 fully saturated rings. The molecule has 3 unspecified atom stereocenters. The molecule has 1 aromatic heterocycles. The van der Waals surface area contributed by atoms with Crippen molar-refractivity contribution in [3.8, 4) is 0 Å². The molecule has 1 aliphatic heterocycles. The van der Waals surface area contributed by atoms with E-state index in [2.05, 4.69) is 41.7 Å². The Labute approximate surface area is 120 Å². The van der Waals surface area contributed by atoms with E-state index < -0.39 is 0 Å². The van der Waals surface area contributed by atoms with Gasteiger partial charge in [-0.1, -0.05) is 26.0 Å². The molecule has 1 aromatic carbocycles. The third kappa shape index (κ3) is 2.19. The van der Waals surface area contributed by atoms with Gasteiger partial charge in [0, 0.05) is 18.0 Å². The molecular formula is C16H22N4. The van der Waals surface area contributed by atoms with Crippen LogP contribution in [0.2, 0.25) is 0 Å². The lowest BCUT2D eigenvalue weighted by Crippen LogP contribution is -2.46. The minimum Gasteiger partial charge on any atom is -0.368 e. The number of hydrogen-bond acceptors (Lipinski definition) is 4. The molecule has 0 amide bonds. The average Bonchev–Trinajstić information content (AvgIpc) is 2.42. The summed E-state index contributed by atoms with van der Waals surface area (Å²) < 4.78 is 0. The molecule has 1 saturated heterocycles. The molecule has 106 valence electrons. The summed E-state index contributed by atoms with van der Waals surface area (Å²) in [7, 11) is 0. The second-order valence-electron chi connectivity index (χ2n) is 6.13. The van der Waals surface area contributed by atoms with E-state index in [1.807, 2.05) is 18.2 Å². The van der Waals surface area contributed by atoms with Crippen LogP contribution in [0.5, 0.6) is 0 Å². The Kier molecular flexibility index (Phi) is 3.24. The molecule has 2 heterocycles. The highest BCUT2D eigenvalue weighted by Crippen LogP contribution is 2.33. The summed E-state index contributed by atoms with van der Waals surface area (Å²) >= 11 is 0. The van der Waals surface area contributed by atoms with Crippen molar-refractivity contribution < 1.29 is 0 Å². The van der Waals surface area contributed by atoms with Crippen molar-refractivity contribution in [1.29, 1.82) is 0 Å². The number of nitrogen functional groups attached to an aromatic ring is 1. The Hall–Kier alpha value is -1.84. The summed E-state index contributed by atoms with van der Waals surface area (Å²) in [6.07, 6.45) is 1.27. The molecule has 0 saturated carbocycles. The second kappa shape index (κ2) is 4.93. The van der Waals surface area contributed by atoms with Gasteiger partial charge in [0.05, 0.1) is 5.52 Å². The lowest BCUT2D eigenvalue weighted by molar-refractivity contribution is 0.296. The predicted molar refractivity (Wildman–Crippen MR) is 83.7 cm³/mol. The van der Waals surface area contributed by atoms with Crippen LogP contribution in [0.4, 0.5) is 11.8 Å². The highest BCUT2D eigenvalue weighted by atomic mass is 15.2. The number of piperidine rings is 1. The van der Waals surface area contributed by atoms with Gasteiger partial charge in [0.1, 0.15) is 5.82 Å². The fourth-order valence-corrected chi connectivity index (χ4v) is 3.29. The van der Waals surface area contributed by atoms with E-state index in [0.29, 0.717) is 23.8 Å². The van der Waals surface area contributed by atoms with Crippen LogP contribution in [-0.4, -0.2) is 22.6 Å². The molecule has 4 heteroatoms. The zero-order valence-corrected chi connectivity index (χ0v) is 12.4. The van der Waals surface area contributed by atoms with Crippen molar-refractivity contribution in [2.24, 2.45) is 11.8 Å². The van der Waals surface area contributed by atoms with Crippen LogP contribution in [0.3, 0.4) is 0 Å². The molecule has 0 aliphatic carbocycles. The highest BCUT2D eigenvalue weighted by Gasteiger charge is 2.30. The first kappa shape index (κ1) is 13.2. The summed E-state index contributed by atoms with van der Waals surface area (Å²) in [5.74, 6) is 2.68. The Balaban J connectivity index is 2.13. The van der Waals surface area contributed by atoms with Gasteiger partial charge in [0.2, 0.25) is 5.95 Å². The third-order valence-corrected chi connectivity index (χ3v) is 4.47. The second-order valence-corrected chi connectivity index (χ2v) is 6.13. The average molecular weight is 270 g/mol. The molecule has 0 bridgehead atoms. The zero-order chi connectivity index (χ0) is 14.3. The number of benzene rings is 1. The van der Waals surface area contributed by atoms with Gasteiger partial charge in [-0.05, 0) is 37.3 Å². The van der Waals surface area contributed by atoms with Crippen LogP contribution < -0.4 is 10.6 Å². The van der Waals surface area contributed by atoms with E-state index >= 15 is 0 Å². The minimum absolute atomic E-state index is 0.358. The van der Waals surface area contributed by atoms with Crippen molar-refractivity contribution in [2.45, 2.75) is 33.2 Å². The lowest BCUT2D eigenvalue weighted by atomic mass is 9.86. The van der Waals surface area contributed by atoms with Gasteiger partial charge in [-0.25, -0.2) is 4.98 Å². The number of para-hydroxylation sites is 1. The Morgan fingerprint density at radius 2 is 1.90 bits per heavy atom. The van der Waals surface area contributed by atoms with Crippen molar-refractivity contribution >= 4 is 22.7 Å². The molecular weight excluding hydrogens is 248 g/mol. The lowest BCUT2D eigenvalue weighted by Gasteiger charge is -2.42. The van der Waals surface area contributed by atoms with Gasteiger partial charge in [0.25, 0.3) is 0 Å². The predicted octanol–water partition coefficient (Wildman–Crippen LogP) is 3.08. The van der Waals surface area contributed by atoms with Gasteiger partial charge >= 0.3 is 0 Å². The summed E-state index contributed by atoms with van der Waals surface area (Å²) in [6, 6.07) is 8.58. The summed E-state index contributed by atoms with van der Waals surface area (Å²) in [6.45, 7) is 7.94. The van der Waals surface area contributed by atoms with Crippen molar-refractivity contribution in [1.82, 2.24) is 9.97 Å². The molecule has 3 rings (SSSR count). The first-order valence-electron chi connectivity index (χ1n) is 7.35. The largest absolute Gasteiger partial charge is 0.368 e. The van der Waals surface area contributed by atoms with Crippen LogP contribution in [0.25, 0.3) is 10.9 Å². The van der Waals surface area contributed by atoms with Gasteiger partial charge in [-0.15, -0.1) is 0 Å². The summed E-state index contributed by atoms with van der Waals surface area (Å²) in [5.41, 5.74) is 6.82. The van der Waals surface area contributed by atoms with Crippen LogP contribution in [-0.2, 0) is 0 Å². The first-order chi connectivity index (χ1) is 9.56. The van der Waals surface area contributed by atoms with Crippen LogP contribution >= 0.6 is 0 Å². The number of nitrogens with zero attached hydrogens (tertiary/aromatic N) is 3. The fraction of sp³-hybridized carbons (Fsp3) is 0.500. The first-order valence-corrected chi connectivity index (χ1v) is 7.35. The van der Waals surface area contributed by atoms with Gasteiger partial charge in [-0.2, -0.15) is 4.98 Å². The summed E-state index contributed by atoms with van der Waals surface area (Å²) in [5, 5.41) is 1.09. The van der Waals surface area contributed by atoms with Gasteiger partial charge in [0.15, 0.2) is 0 Å². The van der Waals surface area contributed by atoms with Crippen LogP contribution in [0.1, 0.15) is 27.2 Å². The number of fused-ring (bicyclic) bond motifs is 1. The normalized spacial score (nSPS) is 26.9. The minimum atomic E-state index is 0.358. The standard InChI is InChI=1S/C16H22N4/c1-10-8-11(2)12(3)20(9-10)15-13-6-4-5-7-14(13)18-16(17)19-15/h4-7,10-12H,8-9H2,1-3H3,(H2,17,18,19). The number of nitrogens with two attached hydrogens (primary N) is 1. The SMILES string of the molecule is CC1CC(C)C(C)N(c2nc(N)nc3ccccc23)C1. The third-order valence-electron chi connectivity index (χ3n) is 4.47. The molecule has 0 radical (unpaired) electrons. The molecule has 20 heavy (non-hydrogen) atoms. The molecule has 2 N–H and O–H groups in total. The highest BCUT2D eigenvalue weighted by molar-refractivity contribution is 5.90. The van der Waals surface area contributed by atoms with E-state index in [-0.39, 0.29) is 0 Å². The smallest absolute Gasteiger partial charge is 0.222 e. The molecule has 0 spiro atoms. The maximum Gasteiger partial charge on any atom is 0.222 e. The van der Waals surface area contributed by atoms with E-state index in [1.54, 1.807) is 0 Å². The zero-order valence-electron chi connectivity index (χ0n) is 12.4. The topological polar surface area (TPSA) is 55.0 Å². The van der Waals surface area contributed by atoms with E-state index in [4.69, 9.17) is 5.73 Å². The molecule has 2 aromatic rings. The number of aromatic nitrogens is 2. The maximum atomic E-state index is 5.90. The van der Waals surface area contributed by atoms with Crippen LogP contribution in [0, 0.1) is 11.8 Å². The van der Waals surface area contributed by atoms with Gasteiger partial charge < -0.3 is 10.6 Å². The van der Waals surface area contributed by atoms with Crippen molar-refractivity contribution in [3.63, 3.8) is 0 Å². The van der Waals surface area contributed by atoms with Crippen molar-refractivity contribution in [3.05, 3.63) is 24.3 Å². The van der Waals surface area contributed by atoms with Gasteiger partial charge in [-0.3, -0.25) is 0 Å². The maximum absolute atomic E-state index is 5.90. The molecule has 1 aliphatic rings. The summed E-state index contributed by atoms with van der Waals surface area (Å²) in [4.78, 5) is 11.3. The fourth-order valence-electron chi connectivity index (χ4n) is 3.29. The number of rotatable bonds is 1. The number of hydrogen-bond donors (Lipinski definition) is 1. The number of anilines is 2. The molecule has 4 nitrogen and oxygen atoms in total. The van der Waals surface area contributed by atoms with E-state index in [1.165, 1.54) is 6.42 Å². The van der Waals surface area contributed by atoms with Crippen LogP contribution in [0.15, 0.2) is 24.3 Å². The quantitative estimate of drug-likeness (QED) is 0.865. The Morgan fingerprint density at radius 3 is 2.70 bits per heavy atom. The Bertz CT molecular complexity index is 625. The van der Waals surface area contributed by atoms with Crippen molar-refractivity contribution in [2.75, 3.05) is 17.2 Å².